The topological polar surface area (TPSA) is 85.5 Å². The Morgan fingerprint density at radius 3 is 2.69 bits per heavy atom. The van der Waals surface area contributed by atoms with E-state index in [0.717, 1.165) is 34.9 Å². The van der Waals surface area contributed by atoms with Gasteiger partial charge in [0.25, 0.3) is 0 Å². The summed E-state index contributed by atoms with van der Waals surface area (Å²) in [6.45, 7) is 0.885. The molecule has 1 aromatic heterocycles. The van der Waals surface area contributed by atoms with E-state index in [9.17, 15) is 14.4 Å². The normalized spacial score (nSPS) is 21.0. The van der Waals surface area contributed by atoms with Gasteiger partial charge in [0.05, 0.1) is 19.0 Å². The number of H-pyrrole nitrogens is 1. The first kappa shape index (κ1) is 20.3. The number of imide groups is 1. The third-order valence-corrected chi connectivity index (χ3v) is 6.50. The van der Waals surface area contributed by atoms with Gasteiger partial charge in [-0.15, -0.1) is 0 Å². The maximum Gasteiger partial charge on any atom is 0.327 e. The van der Waals surface area contributed by atoms with E-state index in [-0.39, 0.29) is 49.3 Å². The molecule has 2 atom stereocenters. The Bertz CT molecular complexity index is 1160. The van der Waals surface area contributed by atoms with Crippen LogP contribution >= 0.6 is 0 Å². The fourth-order valence-electron chi connectivity index (χ4n) is 4.90. The van der Waals surface area contributed by atoms with Crippen LogP contribution in [-0.2, 0) is 22.6 Å². The van der Waals surface area contributed by atoms with Crippen LogP contribution in [0.3, 0.4) is 0 Å². The lowest BCUT2D eigenvalue weighted by atomic mass is 9.91. The second-order valence-electron chi connectivity index (χ2n) is 8.57. The van der Waals surface area contributed by atoms with Crippen LogP contribution < -0.4 is 5.32 Å². The van der Waals surface area contributed by atoms with Crippen molar-refractivity contribution >= 4 is 28.7 Å². The molecule has 2 aromatic carbocycles. The van der Waals surface area contributed by atoms with E-state index >= 15 is 0 Å². The SMILES string of the molecule is O=C(Cc1c[nH]c2ccccc12)N[C@H]1CCCN2C(=O)N(Cc3ccccc3)C(=O)C[C@H]12. The maximum atomic E-state index is 13.1. The van der Waals surface area contributed by atoms with Crippen molar-refractivity contribution in [2.45, 2.75) is 44.3 Å². The number of nitrogens with one attached hydrogen (secondary N) is 2. The van der Waals surface area contributed by atoms with Gasteiger partial charge in [0.1, 0.15) is 0 Å². The van der Waals surface area contributed by atoms with Crippen molar-refractivity contribution in [3.05, 3.63) is 71.9 Å². The molecule has 2 aliphatic heterocycles. The number of hydrogen-bond donors (Lipinski definition) is 2. The minimum atomic E-state index is -0.289. The van der Waals surface area contributed by atoms with Crippen LogP contribution in [0.2, 0.25) is 0 Å². The molecule has 32 heavy (non-hydrogen) atoms. The number of para-hydroxylation sites is 1. The second kappa shape index (κ2) is 8.49. The van der Waals surface area contributed by atoms with Gasteiger partial charge in [-0.25, -0.2) is 4.79 Å². The first-order chi connectivity index (χ1) is 15.6. The number of rotatable bonds is 5. The molecule has 0 bridgehead atoms. The molecule has 2 saturated heterocycles. The second-order valence-corrected chi connectivity index (χ2v) is 8.57. The molecular weight excluding hydrogens is 404 g/mol. The van der Waals surface area contributed by atoms with Gasteiger partial charge in [-0.05, 0) is 30.0 Å². The summed E-state index contributed by atoms with van der Waals surface area (Å²) in [7, 11) is 0. The van der Waals surface area contributed by atoms with Crippen LogP contribution in [0.25, 0.3) is 10.9 Å². The molecule has 2 N–H and O–H groups in total. The highest BCUT2D eigenvalue weighted by atomic mass is 16.2. The fourth-order valence-corrected chi connectivity index (χ4v) is 4.90. The van der Waals surface area contributed by atoms with E-state index in [2.05, 4.69) is 10.3 Å². The van der Waals surface area contributed by atoms with Crippen molar-refractivity contribution in [1.82, 2.24) is 20.1 Å². The smallest absolute Gasteiger partial charge is 0.327 e. The van der Waals surface area contributed by atoms with E-state index < -0.39 is 0 Å². The molecule has 164 valence electrons. The van der Waals surface area contributed by atoms with Crippen molar-refractivity contribution in [3.63, 3.8) is 0 Å². The van der Waals surface area contributed by atoms with E-state index in [1.165, 1.54) is 4.90 Å². The molecule has 7 heteroatoms. The Morgan fingerprint density at radius 1 is 1.06 bits per heavy atom. The molecule has 0 spiro atoms. The number of piperidine rings is 1. The minimum absolute atomic E-state index is 0.0896. The Morgan fingerprint density at radius 2 is 1.84 bits per heavy atom. The van der Waals surface area contributed by atoms with Crippen LogP contribution in [0.4, 0.5) is 4.79 Å². The number of hydrogen-bond acceptors (Lipinski definition) is 3. The Kier molecular flexibility index (Phi) is 5.39. The van der Waals surface area contributed by atoms with Gasteiger partial charge in [-0.1, -0.05) is 48.5 Å². The average Bonchev–Trinajstić information content (AvgIpc) is 3.21. The Balaban J connectivity index is 1.27. The molecule has 4 amide bonds. The summed E-state index contributed by atoms with van der Waals surface area (Å²) in [6.07, 6.45) is 3.92. The fraction of sp³-hybridized carbons (Fsp3) is 0.320. The number of urea groups is 1. The average molecular weight is 431 g/mol. The summed E-state index contributed by atoms with van der Waals surface area (Å²) in [6, 6.07) is 16.7. The van der Waals surface area contributed by atoms with Gasteiger partial charge in [0.2, 0.25) is 11.8 Å². The van der Waals surface area contributed by atoms with Gasteiger partial charge in [0.15, 0.2) is 0 Å². The number of aromatic nitrogens is 1. The summed E-state index contributed by atoms with van der Waals surface area (Å²) in [5.41, 5.74) is 2.87. The Hall–Kier alpha value is -3.61. The van der Waals surface area contributed by atoms with E-state index in [1.807, 2.05) is 60.8 Å². The van der Waals surface area contributed by atoms with Crippen molar-refractivity contribution in [2.75, 3.05) is 6.54 Å². The molecule has 3 aromatic rings. The van der Waals surface area contributed by atoms with Crippen LogP contribution in [0.5, 0.6) is 0 Å². The number of carbonyl (C=O) groups is 3. The zero-order valence-electron chi connectivity index (χ0n) is 17.8. The van der Waals surface area contributed by atoms with Gasteiger partial charge >= 0.3 is 6.03 Å². The van der Waals surface area contributed by atoms with Crippen molar-refractivity contribution in [1.29, 1.82) is 0 Å². The highest BCUT2D eigenvalue weighted by Crippen LogP contribution is 2.28. The molecule has 0 radical (unpaired) electrons. The molecule has 5 rings (SSSR count). The molecule has 0 unspecified atom stereocenters. The van der Waals surface area contributed by atoms with Crippen LogP contribution in [0.15, 0.2) is 60.8 Å². The van der Waals surface area contributed by atoms with Gasteiger partial charge in [-0.3, -0.25) is 14.5 Å². The number of nitrogens with zero attached hydrogens (tertiary/aromatic N) is 2. The first-order valence-corrected chi connectivity index (χ1v) is 11.1. The standard InChI is InChI=1S/C25H26N4O3/c30-23(13-18-15-26-20-10-5-4-9-19(18)20)27-21-11-6-12-28-22(21)14-24(31)29(25(28)32)16-17-7-2-1-3-8-17/h1-5,7-10,15,21-22,26H,6,11-14,16H2,(H,27,30)/t21-,22+/m0/s1. The highest BCUT2D eigenvalue weighted by Gasteiger charge is 2.44. The maximum absolute atomic E-state index is 13.1. The van der Waals surface area contributed by atoms with Crippen molar-refractivity contribution in [3.8, 4) is 0 Å². The molecule has 0 aliphatic carbocycles. The third-order valence-electron chi connectivity index (χ3n) is 6.50. The first-order valence-electron chi connectivity index (χ1n) is 11.1. The summed E-state index contributed by atoms with van der Waals surface area (Å²) in [5.74, 6) is -0.272. The molecule has 2 fully saturated rings. The molecule has 3 heterocycles. The summed E-state index contributed by atoms with van der Waals surface area (Å²) < 4.78 is 0. The van der Waals surface area contributed by atoms with Gasteiger partial charge in [0, 0.05) is 36.1 Å². The molecule has 7 nitrogen and oxygen atoms in total. The lowest BCUT2D eigenvalue weighted by Gasteiger charge is -2.46. The molecule has 2 aliphatic rings. The van der Waals surface area contributed by atoms with E-state index in [1.54, 1.807) is 4.90 Å². The number of amides is 4. The van der Waals surface area contributed by atoms with Crippen LogP contribution in [0.1, 0.15) is 30.4 Å². The molecule has 0 saturated carbocycles. The van der Waals surface area contributed by atoms with Crippen molar-refractivity contribution < 1.29 is 14.4 Å². The minimum Gasteiger partial charge on any atom is -0.361 e. The summed E-state index contributed by atoms with van der Waals surface area (Å²) in [5, 5.41) is 4.14. The van der Waals surface area contributed by atoms with E-state index in [4.69, 9.17) is 0 Å². The summed E-state index contributed by atoms with van der Waals surface area (Å²) in [4.78, 5) is 45.1. The predicted molar refractivity (Wildman–Crippen MR) is 121 cm³/mol. The zero-order chi connectivity index (χ0) is 22.1. The number of fused-ring (bicyclic) bond motifs is 2. The zero-order valence-corrected chi connectivity index (χ0v) is 17.8. The monoisotopic (exact) mass is 430 g/mol. The lowest BCUT2D eigenvalue weighted by Crippen LogP contribution is -2.64. The van der Waals surface area contributed by atoms with E-state index in [0.29, 0.717) is 6.54 Å². The quantitative estimate of drug-likeness (QED) is 0.652. The number of benzene rings is 2. The van der Waals surface area contributed by atoms with Crippen LogP contribution in [0, 0.1) is 0 Å². The largest absolute Gasteiger partial charge is 0.361 e. The molecular formula is C25H26N4O3. The summed E-state index contributed by atoms with van der Waals surface area (Å²) >= 11 is 0. The Labute approximate surface area is 186 Å². The van der Waals surface area contributed by atoms with Crippen molar-refractivity contribution in [2.24, 2.45) is 0 Å². The number of aromatic amines is 1. The van der Waals surface area contributed by atoms with Crippen LogP contribution in [-0.4, -0.2) is 51.3 Å². The highest BCUT2D eigenvalue weighted by molar-refractivity contribution is 5.97. The van der Waals surface area contributed by atoms with Gasteiger partial charge < -0.3 is 15.2 Å². The lowest BCUT2D eigenvalue weighted by molar-refractivity contribution is -0.135. The predicted octanol–water partition coefficient (Wildman–Crippen LogP) is 3.21. The third kappa shape index (κ3) is 3.86. The number of carbonyl (C=O) groups excluding carboxylic acids is 3. The van der Waals surface area contributed by atoms with Gasteiger partial charge in [-0.2, -0.15) is 0 Å².